The lowest BCUT2D eigenvalue weighted by Crippen LogP contribution is -2.37. The molecule has 2 atom stereocenters. The number of rotatable bonds is 7. The summed E-state index contributed by atoms with van der Waals surface area (Å²) in [5.74, 6) is -0.786. The van der Waals surface area contributed by atoms with Crippen LogP contribution in [-0.2, 0) is 9.53 Å². The lowest BCUT2D eigenvalue weighted by atomic mass is 9.92. The fourth-order valence-corrected chi connectivity index (χ4v) is 4.70. The first-order valence-electron chi connectivity index (χ1n) is 11.3. The SMILES string of the molecule is CCOC(=O)C[C@H]1CCCN1C(=O)c1ccc(C(N)=O)c([C@H](C)c2nc3ccc(Cl)cc3[nH]2)c1. The monoisotopic (exact) mass is 482 g/mol. The van der Waals surface area contributed by atoms with E-state index in [1.54, 1.807) is 42.2 Å². The molecular weight excluding hydrogens is 456 g/mol. The van der Waals surface area contributed by atoms with Gasteiger partial charge in [0.2, 0.25) is 5.91 Å². The number of benzene rings is 2. The number of esters is 1. The zero-order valence-corrected chi connectivity index (χ0v) is 19.9. The molecule has 0 bridgehead atoms. The maximum atomic E-state index is 13.4. The minimum absolute atomic E-state index is 0.170. The molecule has 8 nitrogen and oxygen atoms in total. The molecule has 2 amide bonds. The number of hydrogen-bond acceptors (Lipinski definition) is 5. The molecule has 2 heterocycles. The quantitative estimate of drug-likeness (QED) is 0.493. The normalized spacial score (nSPS) is 16.6. The molecule has 1 fully saturated rings. The Bertz CT molecular complexity index is 1250. The lowest BCUT2D eigenvalue weighted by molar-refractivity contribution is -0.144. The van der Waals surface area contributed by atoms with Gasteiger partial charge in [0.25, 0.3) is 5.91 Å². The highest BCUT2D eigenvalue weighted by Crippen LogP contribution is 2.30. The van der Waals surface area contributed by atoms with E-state index < -0.39 is 5.91 Å². The van der Waals surface area contributed by atoms with Gasteiger partial charge in [0.15, 0.2) is 0 Å². The second-order valence-corrected chi connectivity index (χ2v) is 8.91. The summed E-state index contributed by atoms with van der Waals surface area (Å²) in [4.78, 5) is 47.1. The third-order valence-electron chi connectivity index (χ3n) is 6.25. The van der Waals surface area contributed by atoms with Crippen LogP contribution in [0.2, 0.25) is 5.02 Å². The second kappa shape index (κ2) is 9.85. The molecule has 0 saturated carbocycles. The topological polar surface area (TPSA) is 118 Å². The Morgan fingerprint density at radius 1 is 1.26 bits per heavy atom. The van der Waals surface area contributed by atoms with Crippen LogP contribution in [-0.4, -0.2) is 51.8 Å². The van der Waals surface area contributed by atoms with Crippen LogP contribution >= 0.6 is 11.6 Å². The highest BCUT2D eigenvalue weighted by molar-refractivity contribution is 6.31. The van der Waals surface area contributed by atoms with E-state index in [9.17, 15) is 14.4 Å². The van der Waals surface area contributed by atoms with Gasteiger partial charge in [-0.2, -0.15) is 0 Å². The third-order valence-corrected chi connectivity index (χ3v) is 6.48. The standard InChI is InChI=1S/C25H27ClN4O4/c1-3-34-22(31)13-17-5-4-10-30(17)25(33)15-6-8-18(23(27)32)19(11-15)14(2)24-28-20-9-7-16(26)12-21(20)29-24/h6-9,11-12,14,17H,3-5,10,13H2,1-2H3,(H2,27,32)(H,28,29)/t14-,17+/m0/s1. The molecule has 2 aromatic carbocycles. The number of likely N-dealkylation sites (tertiary alicyclic amines) is 1. The van der Waals surface area contributed by atoms with E-state index in [1.165, 1.54) is 0 Å². The van der Waals surface area contributed by atoms with Crippen molar-refractivity contribution < 1.29 is 19.1 Å². The highest BCUT2D eigenvalue weighted by Gasteiger charge is 2.32. The zero-order chi connectivity index (χ0) is 24.4. The predicted molar refractivity (Wildman–Crippen MR) is 129 cm³/mol. The number of primary amides is 1. The van der Waals surface area contributed by atoms with Crippen molar-refractivity contribution >= 4 is 40.4 Å². The Kier molecular flexibility index (Phi) is 6.88. The van der Waals surface area contributed by atoms with E-state index in [0.29, 0.717) is 40.7 Å². The predicted octanol–water partition coefficient (Wildman–Crippen LogP) is 4.02. The van der Waals surface area contributed by atoms with E-state index in [0.717, 1.165) is 23.9 Å². The number of nitrogens with two attached hydrogens (primary N) is 1. The van der Waals surface area contributed by atoms with Crippen molar-refractivity contribution in [3.8, 4) is 0 Å². The molecule has 34 heavy (non-hydrogen) atoms. The number of halogens is 1. The molecule has 4 rings (SSSR count). The number of fused-ring (bicyclic) bond motifs is 1. The molecular formula is C25H27ClN4O4. The van der Waals surface area contributed by atoms with Gasteiger partial charge >= 0.3 is 5.97 Å². The summed E-state index contributed by atoms with van der Waals surface area (Å²) in [6.07, 6.45) is 1.73. The summed E-state index contributed by atoms with van der Waals surface area (Å²) >= 11 is 6.09. The Morgan fingerprint density at radius 2 is 2.06 bits per heavy atom. The van der Waals surface area contributed by atoms with Crippen molar-refractivity contribution in [2.24, 2.45) is 5.73 Å². The van der Waals surface area contributed by atoms with Gasteiger partial charge < -0.3 is 20.4 Å². The first-order valence-corrected chi connectivity index (χ1v) is 11.7. The van der Waals surface area contributed by atoms with E-state index in [-0.39, 0.29) is 30.3 Å². The average molecular weight is 483 g/mol. The van der Waals surface area contributed by atoms with Gasteiger partial charge in [0, 0.05) is 34.7 Å². The van der Waals surface area contributed by atoms with Gasteiger partial charge in [-0.3, -0.25) is 14.4 Å². The van der Waals surface area contributed by atoms with Crippen LogP contribution in [0, 0.1) is 0 Å². The molecule has 0 aliphatic carbocycles. The van der Waals surface area contributed by atoms with Crippen molar-refractivity contribution in [2.75, 3.05) is 13.2 Å². The van der Waals surface area contributed by atoms with E-state index in [4.69, 9.17) is 22.1 Å². The maximum absolute atomic E-state index is 13.4. The summed E-state index contributed by atoms with van der Waals surface area (Å²) in [6, 6.07) is 10.0. The first kappa shape index (κ1) is 23.8. The smallest absolute Gasteiger partial charge is 0.307 e. The van der Waals surface area contributed by atoms with Gasteiger partial charge in [-0.05, 0) is 61.7 Å². The third kappa shape index (κ3) is 4.77. The molecule has 3 aromatic rings. The number of ether oxygens (including phenoxy) is 1. The number of nitrogens with one attached hydrogen (secondary N) is 1. The van der Waals surface area contributed by atoms with Crippen molar-refractivity contribution in [3.05, 3.63) is 63.9 Å². The fraction of sp³-hybridized carbons (Fsp3) is 0.360. The summed E-state index contributed by atoms with van der Waals surface area (Å²) in [6.45, 7) is 4.53. The van der Waals surface area contributed by atoms with Crippen LogP contribution in [0.25, 0.3) is 11.0 Å². The summed E-state index contributed by atoms with van der Waals surface area (Å²) < 4.78 is 5.06. The maximum Gasteiger partial charge on any atom is 0.307 e. The number of imidazole rings is 1. The van der Waals surface area contributed by atoms with Crippen molar-refractivity contribution in [1.29, 1.82) is 0 Å². The minimum Gasteiger partial charge on any atom is -0.466 e. The molecule has 178 valence electrons. The van der Waals surface area contributed by atoms with Crippen LogP contribution < -0.4 is 5.73 Å². The molecule has 1 aliphatic rings. The first-order chi connectivity index (χ1) is 16.3. The summed E-state index contributed by atoms with van der Waals surface area (Å²) in [5.41, 5.74) is 8.53. The van der Waals surface area contributed by atoms with Gasteiger partial charge in [-0.25, -0.2) is 4.98 Å². The number of amides is 2. The zero-order valence-electron chi connectivity index (χ0n) is 19.1. The van der Waals surface area contributed by atoms with Crippen molar-refractivity contribution in [3.63, 3.8) is 0 Å². The van der Waals surface area contributed by atoms with Gasteiger partial charge in [-0.15, -0.1) is 0 Å². The van der Waals surface area contributed by atoms with Crippen LogP contribution in [0.3, 0.4) is 0 Å². The number of H-pyrrole nitrogens is 1. The molecule has 0 spiro atoms. The molecule has 9 heteroatoms. The Hall–Kier alpha value is -3.39. The molecule has 0 unspecified atom stereocenters. The molecule has 1 aliphatic heterocycles. The molecule has 1 saturated heterocycles. The Morgan fingerprint density at radius 3 is 2.79 bits per heavy atom. The Balaban J connectivity index is 1.65. The lowest BCUT2D eigenvalue weighted by Gasteiger charge is -2.25. The van der Waals surface area contributed by atoms with Crippen LogP contribution in [0.4, 0.5) is 0 Å². The number of carbonyl (C=O) groups excluding carboxylic acids is 3. The fourth-order valence-electron chi connectivity index (χ4n) is 4.53. The second-order valence-electron chi connectivity index (χ2n) is 8.48. The number of carbonyl (C=O) groups is 3. The molecule has 0 radical (unpaired) electrons. The Labute approximate surface area is 202 Å². The summed E-state index contributed by atoms with van der Waals surface area (Å²) in [5, 5.41) is 0.587. The average Bonchev–Trinajstić information content (AvgIpc) is 3.44. The van der Waals surface area contributed by atoms with Crippen LogP contribution in [0.1, 0.15) is 71.1 Å². The van der Waals surface area contributed by atoms with E-state index in [2.05, 4.69) is 9.97 Å². The van der Waals surface area contributed by atoms with Crippen LogP contribution in [0.5, 0.6) is 0 Å². The summed E-state index contributed by atoms with van der Waals surface area (Å²) in [7, 11) is 0. The minimum atomic E-state index is -0.582. The molecule has 3 N–H and O–H groups in total. The number of aromatic nitrogens is 2. The highest BCUT2D eigenvalue weighted by atomic mass is 35.5. The number of aromatic amines is 1. The number of hydrogen-bond donors (Lipinski definition) is 2. The largest absolute Gasteiger partial charge is 0.466 e. The van der Waals surface area contributed by atoms with Gasteiger partial charge in [0.1, 0.15) is 5.82 Å². The van der Waals surface area contributed by atoms with E-state index >= 15 is 0 Å². The van der Waals surface area contributed by atoms with E-state index in [1.807, 2.05) is 13.0 Å². The van der Waals surface area contributed by atoms with Crippen molar-refractivity contribution in [2.45, 2.75) is 45.1 Å². The van der Waals surface area contributed by atoms with Gasteiger partial charge in [-0.1, -0.05) is 18.5 Å². The molecule has 1 aromatic heterocycles. The van der Waals surface area contributed by atoms with Crippen molar-refractivity contribution in [1.82, 2.24) is 14.9 Å². The number of nitrogens with zero attached hydrogens (tertiary/aromatic N) is 2. The van der Waals surface area contributed by atoms with Crippen LogP contribution in [0.15, 0.2) is 36.4 Å². The van der Waals surface area contributed by atoms with Gasteiger partial charge in [0.05, 0.1) is 24.1 Å².